The van der Waals surface area contributed by atoms with E-state index in [1.54, 1.807) is 23.5 Å². The van der Waals surface area contributed by atoms with Crippen LogP contribution in [0, 0.1) is 0 Å². The van der Waals surface area contributed by atoms with E-state index in [4.69, 9.17) is 5.73 Å². The van der Waals surface area contributed by atoms with Crippen molar-refractivity contribution in [3.8, 4) is 0 Å². The van der Waals surface area contributed by atoms with E-state index in [1.165, 1.54) is 13.1 Å². The number of rotatable bonds is 5. The highest BCUT2D eigenvalue weighted by Gasteiger charge is 2.19. The van der Waals surface area contributed by atoms with Crippen LogP contribution in [0.15, 0.2) is 38.3 Å². The van der Waals surface area contributed by atoms with E-state index in [0.29, 0.717) is 17.9 Å². The standard InChI is InChI=1S/C13H16BrN3O2S2/c1-16-21(18,19)12-6-10(15)3-4-11(12)17(2)7-9-5-13(14)20-8-9/h3-6,8,16H,7,15H2,1-2H3. The molecule has 0 atom stereocenters. The van der Waals surface area contributed by atoms with Gasteiger partial charge in [-0.25, -0.2) is 13.1 Å². The lowest BCUT2D eigenvalue weighted by atomic mass is 10.2. The molecule has 2 aromatic rings. The molecule has 0 aliphatic heterocycles. The van der Waals surface area contributed by atoms with E-state index in [-0.39, 0.29) is 4.90 Å². The zero-order chi connectivity index (χ0) is 15.6. The van der Waals surface area contributed by atoms with E-state index in [1.807, 2.05) is 23.4 Å². The summed E-state index contributed by atoms with van der Waals surface area (Å²) in [5, 5.41) is 2.03. The number of hydrogen-bond donors (Lipinski definition) is 2. The van der Waals surface area contributed by atoms with Crippen molar-refractivity contribution in [2.75, 3.05) is 24.7 Å². The van der Waals surface area contributed by atoms with Crippen molar-refractivity contribution < 1.29 is 8.42 Å². The maximum absolute atomic E-state index is 12.1. The molecule has 0 saturated heterocycles. The predicted octanol–water partition coefficient (Wildman–Crippen LogP) is 2.64. The molecule has 0 saturated carbocycles. The average molecular weight is 390 g/mol. The Morgan fingerprint density at radius 3 is 2.67 bits per heavy atom. The number of nitrogens with two attached hydrogens (primary N) is 1. The largest absolute Gasteiger partial charge is 0.399 e. The van der Waals surface area contributed by atoms with Crippen molar-refractivity contribution in [1.29, 1.82) is 0 Å². The van der Waals surface area contributed by atoms with Crippen LogP contribution in [0.5, 0.6) is 0 Å². The van der Waals surface area contributed by atoms with Crippen molar-refractivity contribution in [3.05, 3.63) is 39.0 Å². The van der Waals surface area contributed by atoms with Gasteiger partial charge in [-0.1, -0.05) is 0 Å². The van der Waals surface area contributed by atoms with Gasteiger partial charge >= 0.3 is 0 Å². The molecule has 0 radical (unpaired) electrons. The Morgan fingerprint density at radius 2 is 2.10 bits per heavy atom. The first kappa shape index (κ1) is 16.3. The predicted molar refractivity (Wildman–Crippen MR) is 91.2 cm³/mol. The van der Waals surface area contributed by atoms with Crippen LogP contribution in [0.3, 0.4) is 0 Å². The summed E-state index contributed by atoms with van der Waals surface area (Å²) in [5.41, 5.74) is 7.86. The molecule has 0 unspecified atom stereocenters. The fraction of sp³-hybridized carbons (Fsp3) is 0.231. The summed E-state index contributed by atoms with van der Waals surface area (Å²) in [5.74, 6) is 0. The highest BCUT2D eigenvalue weighted by molar-refractivity contribution is 9.11. The molecule has 0 bridgehead atoms. The third-order valence-electron chi connectivity index (χ3n) is 2.99. The molecule has 0 fully saturated rings. The van der Waals surface area contributed by atoms with Crippen LogP contribution in [0.2, 0.25) is 0 Å². The maximum atomic E-state index is 12.1. The van der Waals surface area contributed by atoms with Gasteiger partial charge in [0.1, 0.15) is 4.90 Å². The number of hydrogen-bond acceptors (Lipinski definition) is 5. The summed E-state index contributed by atoms with van der Waals surface area (Å²) in [6.45, 7) is 0.609. The van der Waals surface area contributed by atoms with Gasteiger partial charge in [-0.05, 0) is 58.2 Å². The van der Waals surface area contributed by atoms with E-state index in [0.717, 1.165) is 9.35 Å². The zero-order valence-electron chi connectivity index (χ0n) is 11.6. The normalized spacial score (nSPS) is 11.6. The van der Waals surface area contributed by atoms with Crippen LogP contribution >= 0.6 is 27.3 Å². The Balaban J connectivity index is 2.39. The van der Waals surface area contributed by atoms with Crippen LogP contribution in [-0.4, -0.2) is 22.5 Å². The third kappa shape index (κ3) is 3.76. The molecule has 5 nitrogen and oxygen atoms in total. The number of benzene rings is 1. The van der Waals surface area contributed by atoms with E-state index >= 15 is 0 Å². The quantitative estimate of drug-likeness (QED) is 0.770. The van der Waals surface area contributed by atoms with Gasteiger partial charge in [0.25, 0.3) is 0 Å². The van der Waals surface area contributed by atoms with Crippen LogP contribution in [-0.2, 0) is 16.6 Å². The van der Waals surface area contributed by atoms with Crippen molar-refractivity contribution in [3.63, 3.8) is 0 Å². The van der Waals surface area contributed by atoms with Gasteiger partial charge < -0.3 is 10.6 Å². The molecule has 1 aromatic heterocycles. The summed E-state index contributed by atoms with van der Waals surface area (Å²) >= 11 is 5.02. The summed E-state index contributed by atoms with van der Waals surface area (Å²) in [7, 11) is -0.322. The minimum absolute atomic E-state index is 0.182. The molecular formula is C13H16BrN3O2S2. The SMILES string of the molecule is CNS(=O)(=O)c1cc(N)ccc1N(C)Cc1csc(Br)c1. The van der Waals surface area contributed by atoms with Gasteiger partial charge in [0.05, 0.1) is 9.47 Å². The Labute approximate surface area is 137 Å². The molecule has 21 heavy (non-hydrogen) atoms. The van der Waals surface area contributed by atoms with Gasteiger partial charge in [0, 0.05) is 19.3 Å². The van der Waals surface area contributed by atoms with Gasteiger partial charge in [-0.2, -0.15) is 0 Å². The van der Waals surface area contributed by atoms with E-state index in [9.17, 15) is 8.42 Å². The number of thiophene rings is 1. The van der Waals surface area contributed by atoms with Crippen LogP contribution < -0.4 is 15.4 Å². The first-order valence-electron chi connectivity index (χ1n) is 6.10. The van der Waals surface area contributed by atoms with Crippen molar-refractivity contribution in [2.45, 2.75) is 11.4 Å². The lowest BCUT2D eigenvalue weighted by Crippen LogP contribution is -2.24. The van der Waals surface area contributed by atoms with Crippen LogP contribution in [0.1, 0.15) is 5.56 Å². The molecule has 0 aliphatic carbocycles. The molecule has 3 N–H and O–H groups in total. The van der Waals surface area contributed by atoms with Gasteiger partial charge in [0.15, 0.2) is 0 Å². The first-order valence-corrected chi connectivity index (χ1v) is 9.26. The van der Waals surface area contributed by atoms with E-state index in [2.05, 4.69) is 20.7 Å². The fourth-order valence-corrected chi connectivity index (χ4v) is 4.17. The fourth-order valence-electron chi connectivity index (χ4n) is 1.96. The van der Waals surface area contributed by atoms with E-state index < -0.39 is 10.0 Å². The minimum atomic E-state index is -3.56. The van der Waals surface area contributed by atoms with Crippen molar-refractivity contribution >= 4 is 48.7 Å². The monoisotopic (exact) mass is 389 g/mol. The molecule has 1 heterocycles. The second-order valence-corrected chi connectivity index (χ2v) is 8.70. The number of nitrogen functional groups attached to an aromatic ring is 1. The lowest BCUT2D eigenvalue weighted by Gasteiger charge is -2.22. The Morgan fingerprint density at radius 1 is 1.38 bits per heavy atom. The zero-order valence-corrected chi connectivity index (χ0v) is 14.8. The number of nitrogens with one attached hydrogen (secondary N) is 1. The van der Waals surface area contributed by atoms with Crippen LogP contribution in [0.4, 0.5) is 11.4 Å². The second kappa shape index (κ2) is 6.35. The molecular weight excluding hydrogens is 374 g/mol. The number of anilines is 2. The Hall–Kier alpha value is -1.09. The first-order chi connectivity index (χ1) is 9.83. The topological polar surface area (TPSA) is 75.4 Å². The van der Waals surface area contributed by atoms with Crippen molar-refractivity contribution in [1.82, 2.24) is 4.72 Å². The average Bonchev–Trinajstić information content (AvgIpc) is 2.83. The minimum Gasteiger partial charge on any atom is -0.399 e. The molecule has 1 aromatic carbocycles. The maximum Gasteiger partial charge on any atom is 0.242 e. The highest BCUT2D eigenvalue weighted by atomic mass is 79.9. The van der Waals surface area contributed by atoms with Crippen molar-refractivity contribution in [2.24, 2.45) is 0 Å². The molecule has 0 aliphatic rings. The third-order valence-corrected chi connectivity index (χ3v) is 5.99. The van der Waals surface area contributed by atoms with Crippen LogP contribution in [0.25, 0.3) is 0 Å². The summed E-state index contributed by atoms with van der Waals surface area (Å²) in [6.07, 6.45) is 0. The molecule has 114 valence electrons. The van der Waals surface area contributed by atoms with Gasteiger partial charge in [0.2, 0.25) is 10.0 Å². The second-order valence-electron chi connectivity index (χ2n) is 4.55. The molecule has 0 amide bonds. The summed E-state index contributed by atoms with van der Waals surface area (Å²) < 4.78 is 27.7. The number of halogens is 1. The summed E-state index contributed by atoms with van der Waals surface area (Å²) in [4.78, 5) is 2.07. The Kier molecular flexibility index (Phi) is 4.92. The number of sulfonamides is 1. The lowest BCUT2D eigenvalue weighted by molar-refractivity contribution is 0.588. The number of nitrogens with zero attached hydrogens (tertiary/aromatic N) is 1. The highest BCUT2D eigenvalue weighted by Crippen LogP contribution is 2.29. The van der Waals surface area contributed by atoms with Gasteiger partial charge in [-0.3, -0.25) is 0 Å². The molecule has 8 heteroatoms. The smallest absolute Gasteiger partial charge is 0.242 e. The summed E-state index contributed by atoms with van der Waals surface area (Å²) in [6, 6.07) is 6.91. The van der Waals surface area contributed by atoms with Gasteiger partial charge in [-0.15, -0.1) is 11.3 Å². The molecule has 2 rings (SSSR count). The Bertz CT molecular complexity index is 744. The molecule has 0 spiro atoms.